The topological polar surface area (TPSA) is 106 Å². The second-order valence-corrected chi connectivity index (χ2v) is 13.8. The van der Waals surface area contributed by atoms with Gasteiger partial charge in [0, 0.05) is 24.5 Å². The summed E-state index contributed by atoms with van der Waals surface area (Å²) in [4.78, 5) is 36.2. The highest BCUT2D eigenvalue weighted by Crippen LogP contribution is 2.43. The van der Waals surface area contributed by atoms with Crippen molar-refractivity contribution in [3.63, 3.8) is 0 Å². The second kappa shape index (κ2) is 10.9. The van der Waals surface area contributed by atoms with Gasteiger partial charge in [-0.2, -0.15) is 10.1 Å². The van der Waals surface area contributed by atoms with Crippen molar-refractivity contribution in [3.05, 3.63) is 76.3 Å². The minimum atomic E-state index is -0.610. The standard InChI is InChI=1S/C36H40N6O4/c1-20(2)25-10-8-9-11-28(25)42-29-14-23(31-21(3)12-13-27-26(31)16-37-39-27)15-30-32(29)33(38-34(42)43)41-17-22(4)40(18-24(41)19-45-30)35(44)46-36(5,6)7/h8-16,20,22,24H,17-19H2,1-7H3,(H,37,39)/t22-,24-/m0/s1. The maximum atomic E-state index is 14.3. The normalized spacial score (nSPS) is 18.1. The molecule has 4 heterocycles. The predicted molar refractivity (Wildman–Crippen MR) is 180 cm³/mol. The molecular weight excluding hydrogens is 580 g/mol. The van der Waals surface area contributed by atoms with Gasteiger partial charge in [0.2, 0.25) is 0 Å². The van der Waals surface area contributed by atoms with Crippen molar-refractivity contribution in [1.29, 1.82) is 0 Å². The van der Waals surface area contributed by atoms with Crippen molar-refractivity contribution in [2.24, 2.45) is 0 Å². The number of fused-ring (bicyclic) bond motifs is 3. The van der Waals surface area contributed by atoms with Gasteiger partial charge >= 0.3 is 11.8 Å². The molecule has 238 valence electrons. The number of piperazine rings is 1. The SMILES string of the molecule is Cc1ccc2[nH]ncc2c1-c1cc2c3c(nc(=O)n(-c4ccccc4C(C)C)c3c1)N1C[C@H](C)N(C(=O)OC(C)(C)C)C[C@H]1CO2. The van der Waals surface area contributed by atoms with E-state index in [4.69, 9.17) is 14.5 Å². The Hall–Kier alpha value is -4.86. The van der Waals surface area contributed by atoms with E-state index in [1.165, 1.54) is 0 Å². The number of aromatic nitrogens is 4. The molecule has 46 heavy (non-hydrogen) atoms. The fourth-order valence-electron chi connectivity index (χ4n) is 6.89. The van der Waals surface area contributed by atoms with Crippen LogP contribution in [0.3, 0.4) is 0 Å². The third-order valence-electron chi connectivity index (χ3n) is 9.03. The monoisotopic (exact) mass is 620 g/mol. The van der Waals surface area contributed by atoms with Crippen LogP contribution in [0.2, 0.25) is 0 Å². The number of carbonyl (C=O) groups excluding carboxylic acids is 1. The van der Waals surface area contributed by atoms with Crippen LogP contribution in [0, 0.1) is 6.92 Å². The molecule has 2 aliphatic rings. The van der Waals surface area contributed by atoms with Gasteiger partial charge in [0.15, 0.2) is 0 Å². The van der Waals surface area contributed by atoms with Crippen LogP contribution in [0.25, 0.3) is 38.6 Å². The number of H-pyrrole nitrogens is 1. The van der Waals surface area contributed by atoms with E-state index < -0.39 is 5.60 Å². The molecule has 10 heteroatoms. The molecule has 1 amide bonds. The molecule has 2 atom stereocenters. The Morgan fingerprint density at radius 3 is 2.65 bits per heavy atom. The third-order valence-corrected chi connectivity index (χ3v) is 9.03. The quantitative estimate of drug-likeness (QED) is 0.243. The summed E-state index contributed by atoms with van der Waals surface area (Å²) in [7, 11) is 0. The van der Waals surface area contributed by atoms with Gasteiger partial charge in [-0.05, 0) is 87.1 Å². The average Bonchev–Trinajstić information content (AvgIpc) is 3.41. The van der Waals surface area contributed by atoms with Gasteiger partial charge in [-0.15, -0.1) is 0 Å². The van der Waals surface area contributed by atoms with Crippen molar-refractivity contribution in [2.45, 2.75) is 72.1 Å². The van der Waals surface area contributed by atoms with E-state index in [0.717, 1.165) is 49.7 Å². The zero-order valence-corrected chi connectivity index (χ0v) is 27.4. The molecule has 3 aromatic carbocycles. The fourth-order valence-corrected chi connectivity index (χ4v) is 6.89. The smallest absolute Gasteiger partial charge is 0.410 e. The van der Waals surface area contributed by atoms with Crippen molar-refractivity contribution in [3.8, 4) is 22.6 Å². The van der Waals surface area contributed by atoms with Gasteiger partial charge in [0.05, 0.1) is 34.3 Å². The minimum absolute atomic E-state index is 0.172. The lowest BCUT2D eigenvalue weighted by molar-refractivity contribution is 0.0109. The molecule has 1 saturated heterocycles. The van der Waals surface area contributed by atoms with Crippen LogP contribution in [0.4, 0.5) is 10.6 Å². The van der Waals surface area contributed by atoms with E-state index in [-0.39, 0.29) is 29.8 Å². The number of benzene rings is 3. The molecule has 10 nitrogen and oxygen atoms in total. The first-order chi connectivity index (χ1) is 21.9. The second-order valence-electron chi connectivity index (χ2n) is 13.8. The first-order valence-corrected chi connectivity index (χ1v) is 15.9. The summed E-state index contributed by atoms with van der Waals surface area (Å²) in [6.07, 6.45) is 1.48. The molecule has 0 bridgehead atoms. The van der Waals surface area contributed by atoms with E-state index in [1.807, 2.05) is 58.2 Å². The summed E-state index contributed by atoms with van der Waals surface area (Å²) in [5, 5.41) is 9.17. The first kappa shape index (κ1) is 29.8. The lowest BCUT2D eigenvalue weighted by Gasteiger charge is -2.44. The summed E-state index contributed by atoms with van der Waals surface area (Å²) < 4.78 is 14.1. The molecule has 2 aliphatic heterocycles. The van der Waals surface area contributed by atoms with Gasteiger partial charge in [-0.3, -0.25) is 9.67 Å². The number of hydrogen-bond donors (Lipinski definition) is 1. The number of ether oxygens (including phenoxy) is 2. The van der Waals surface area contributed by atoms with Gasteiger partial charge < -0.3 is 19.3 Å². The maximum absolute atomic E-state index is 14.3. The highest BCUT2D eigenvalue weighted by atomic mass is 16.6. The number of aryl methyl sites for hydroxylation is 1. The predicted octanol–water partition coefficient (Wildman–Crippen LogP) is 6.57. The van der Waals surface area contributed by atoms with Crippen LogP contribution in [0.15, 0.2) is 59.5 Å². The molecule has 1 fully saturated rings. The van der Waals surface area contributed by atoms with Gasteiger partial charge in [-0.25, -0.2) is 9.59 Å². The largest absolute Gasteiger partial charge is 0.490 e. The van der Waals surface area contributed by atoms with E-state index in [9.17, 15) is 9.59 Å². The lowest BCUT2D eigenvalue weighted by Crippen LogP contribution is -2.61. The Morgan fingerprint density at radius 1 is 1.11 bits per heavy atom. The minimum Gasteiger partial charge on any atom is -0.490 e. The molecule has 1 N–H and O–H groups in total. The Labute approximate surface area is 267 Å². The van der Waals surface area contributed by atoms with Crippen LogP contribution in [-0.2, 0) is 4.74 Å². The molecular formula is C36H40N6O4. The first-order valence-electron chi connectivity index (χ1n) is 15.9. The molecule has 7 rings (SSSR count). The molecule has 0 radical (unpaired) electrons. The van der Waals surface area contributed by atoms with Crippen molar-refractivity contribution in [1.82, 2.24) is 24.6 Å². The summed E-state index contributed by atoms with van der Waals surface area (Å²) >= 11 is 0. The third kappa shape index (κ3) is 4.96. The van der Waals surface area contributed by atoms with Crippen LogP contribution >= 0.6 is 0 Å². The zero-order valence-electron chi connectivity index (χ0n) is 27.4. The number of nitrogens with one attached hydrogen (secondary N) is 1. The van der Waals surface area contributed by atoms with Gasteiger partial charge in [0.25, 0.3) is 0 Å². The van der Waals surface area contributed by atoms with E-state index in [1.54, 1.807) is 9.47 Å². The fraction of sp³-hybridized carbons (Fsp3) is 0.389. The number of anilines is 1. The van der Waals surface area contributed by atoms with Crippen LogP contribution in [0.5, 0.6) is 5.75 Å². The maximum Gasteiger partial charge on any atom is 0.410 e. The van der Waals surface area contributed by atoms with Crippen molar-refractivity contribution >= 4 is 33.7 Å². The number of nitrogens with zero attached hydrogens (tertiary/aromatic N) is 5. The highest BCUT2D eigenvalue weighted by molar-refractivity contribution is 6.03. The number of para-hydroxylation sites is 1. The molecule has 2 aromatic heterocycles. The Bertz CT molecular complexity index is 2060. The number of rotatable bonds is 3. The molecule has 5 aromatic rings. The lowest BCUT2D eigenvalue weighted by atomic mass is 9.95. The Kier molecular flexibility index (Phi) is 7.06. The number of aromatic amines is 1. The Morgan fingerprint density at radius 2 is 1.89 bits per heavy atom. The zero-order chi connectivity index (χ0) is 32.5. The molecule has 0 spiro atoms. The van der Waals surface area contributed by atoms with Crippen molar-refractivity contribution in [2.75, 3.05) is 24.6 Å². The average molecular weight is 621 g/mol. The van der Waals surface area contributed by atoms with Crippen LogP contribution in [-0.4, -0.2) is 68.1 Å². The van der Waals surface area contributed by atoms with Gasteiger partial charge in [0.1, 0.15) is 23.8 Å². The summed E-state index contributed by atoms with van der Waals surface area (Å²) in [6.45, 7) is 15.1. The molecule has 0 saturated carbocycles. The number of carbonyl (C=O) groups is 1. The summed E-state index contributed by atoms with van der Waals surface area (Å²) in [5.41, 5.74) is 5.55. The van der Waals surface area contributed by atoms with E-state index >= 15 is 0 Å². The van der Waals surface area contributed by atoms with Crippen molar-refractivity contribution < 1.29 is 14.3 Å². The van der Waals surface area contributed by atoms with Gasteiger partial charge in [-0.1, -0.05) is 38.1 Å². The van der Waals surface area contributed by atoms with Crippen LogP contribution in [0.1, 0.15) is 58.6 Å². The van der Waals surface area contributed by atoms with E-state index in [0.29, 0.717) is 31.3 Å². The molecule has 0 aliphatic carbocycles. The van der Waals surface area contributed by atoms with Crippen LogP contribution < -0.4 is 15.3 Å². The van der Waals surface area contributed by atoms with E-state index in [2.05, 4.69) is 60.1 Å². The Balaban J connectivity index is 1.47. The number of hydrogen-bond acceptors (Lipinski definition) is 7. The highest BCUT2D eigenvalue weighted by Gasteiger charge is 2.40. The molecule has 0 unspecified atom stereocenters. The number of amides is 1. The summed E-state index contributed by atoms with van der Waals surface area (Å²) in [5.74, 6) is 1.41. The summed E-state index contributed by atoms with van der Waals surface area (Å²) in [6, 6.07) is 15.8.